The molecule has 102 valence electrons. The molecule has 1 aromatic carbocycles. The van der Waals surface area contributed by atoms with Crippen LogP contribution in [-0.4, -0.2) is 19.7 Å². The van der Waals surface area contributed by atoms with Gasteiger partial charge in [-0.25, -0.2) is 0 Å². The molecule has 0 aliphatic heterocycles. The summed E-state index contributed by atoms with van der Waals surface area (Å²) < 4.78 is 5.62. The average molecular weight is 270 g/mol. The van der Waals surface area contributed by atoms with E-state index in [0.717, 1.165) is 36.9 Å². The van der Waals surface area contributed by atoms with E-state index in [0.29, 0.717) is 0 Å². The molecule has 0 aromatic heterocycles. The molecular weight excluding hydrogens is 246 g/mol. The molecule has 1 rings (SSSR count). The predicted molar refractivity (Wildman–Crippen MR) is 78.6 cm³/mol. The van der Waals surface area contributed by atoms with Crippen LogP contribution in [0.3, 0.4) is 0 Å². The number of rotatable bonds is 10. The Labute approximate surface area is 116 Å². The molecule has 0 radical (unpaired) electrons. The number of benzene rings is 1. The summed E-state index contributed by atoms with van der Waals surface area (Å²) in [6, 6.07) is 7.52. The minimum atomic E-state index is 0.749. The van der Waals surface area contributed by atoms with Crippen LogP contribution < -0.4 is 10.1 Å². The topological polar surface area (TPSA) is 21.3 Å². The highest BCUT2D eigenvalue weighted by Crippen LogP contribution is 2.15. The normalized spacial score (nSPS) is 10.6. The molecule has 0 spiro atoms. The van der Waals surface area contributed by atoms with Crippen LogP contribution >= 0.6 is 11.6 Å². The Morgan fingerprint density at radius 3 is 2.33 bits per heavy atom. The smallest absolute Gasteiger partial charge is 0.119 e. The van der Waals surface area contributed by atoms with E-state index in [9.17, 15) is 0 Å². The Hall–Kier alpha value is -0.730. The van der Waals surface area contributed by atoms with E-state index in [4.69, 9.17) is 16.3 Å². The van der Waals surface area contributed by atoms with Gasteiger partial charge in [0.1, 0.15) is 5.75 Å². The van der Waals surface area contributed by atoms with Crippen LogP contribution in [0.5, 0.6) is 5.75 Å². The maximum atomic E-state index is 5.80. The van der Waals surface area contributed by atoms with Gasteiger partial charge in [-0.15, -0.1) is 0 Å². The predicted octanol–water partition coefficient (Wildman–Crippen LogP) is 4.28. The van der Waals surface area contributed by atoms with Crippen molar-refractivity contribution in [3.8, 4) is 5.75 Å². The Balaban J connectivity index is 1.91. The molecule has 2 nitrogen and oxygen atoms in total. The number of hydrogen-bond donors (Lipinski definition) is 1. The van der Waals surface area contributed by atoms with Crippen LogP contribution in [0.2, 0.25) is 5.02 Å². The number of halogens is 1. The Bertz CT molecular complexity index is 300. The van der Waals surface area contributed by atoms with Crippen LogP contribution in [0.15, 0.2) is 24.3 Å². The van der Waals surface area contributed by atoms with E-state index in [1.54, 1.807) is 0 Å². The van der Waals surface area contributed by atoms with E-state index in [2.05, 4.69) is 12.2 Å². The lowest BCUT2D eigenvalue weighted by Crippen LogP contribution is -2.17. The molecule has 0 heterocycles. The summed E-state index contributed by atoms with van der Waals surface area (Å²) in [5, 5.41) is 4.20. The molecule has 1 aromatic rings. The first-order valence-electron chi connectivity index (χ1n) is 6.92. The zero-order chi connectivity index (χ0) is 13.1. The summed E-state index contributed by atoms with van der Waals surface area (Å²) in [7, 11) is 0. The fraction of sp³-hybridized carbons (Fsp3) is 0.600. The number of unbranched alkanes of at least 4 members (excludes halogenated alkanes) is 3. The van der Waals surface area contributed by atoms with Gasteiger partial charge in [0.05, 0.1) is 6.61 Å². The molecule has 0 aliphatic carbocycles. The van der Waals surface area contributed by atoms with Crippen molar-refractivity contribution in [2.45, 2.75) is 39.0 Å². The lowest BCUT2D eigenvalue weighted by atomic mass is 10.2. The lowest BCUT2D eigenvalue weighted by Gasteiger charge is -2.07. The van der Waals surface area contributed by atoms with Gasteiger partial charge < -0.3 is 10.1 Å². The van der Waals surface area contributed by atoms with Crippen molar-refractivity contribution in [3.05, 3.63) is 29.3 Å². The highest BCUT2D eigenvalue weighted by atomic mass is 35.5. The summed E-state index contributed by atoms with van der Waals surface area (Å²) in [6.07, 6.45) is 6.16. The second-order valence-electron chi connectivity index (χ2n) is 4.47. The monoisotopic (exact) mass is 269 g/mol. The first-order chi connectivity index (χ1) is 8.83. The van der Waals surface area contributed by atoms with Gasteiger partial charge >= 0.3 is 0 Å². The average Bonchev–Trinajstić information content (AvgIpc) is 2.39. The Morgan fingerprint density at radius 1 is 1.00 bits per heavy atom. The molecule has 0 bridgehead atoms. The summed E-state index contributed by atoms with van der Waals surface area (Å²) in [6.45, 7) is 5.24. The first-order valence-corrected chi connectivity index (χ1v) is 7.30. The summed E-state index contributed by atoms with van der Waals surface area (Å²) in [5.41, 5.74) is 0. The van der Waals surface area contributed by atoms with E-state index in [1.165, 1.54) is 25.7 Å². The third-order valence-corrected chi connectivity index (χ3v) is 3.04. The summed E-state index contributed by atoms with van der Waals surface area (Å²) in [4.78, 5) is 0. The molecule has 18 heavy (non-hydrogen) atoms. The molecule has 1 N–H and O–H groups in total. The fourth-order valence-electron chi connectivity index (χ4n) is 1.70. The highest BCUT2D eigenvalue weighted by molar-refractivity contribution is 6.30. The third kappa shape index (κ3) is 7.57. The molecule has 0 aliphatic rings. The molecule has 3 heteroatoms. The second kappa shape index (κ2) is 10.2. The van der Waals surface area contributed by atoms with Gasteiger partial charge in [-0.2, -0.15) is 0 Å². The number of nitrogens with one attached hydrogen (secondary N) is 1. The van der Waals surface area contributed by atoms with Gasteiger partial charge in [-0.05, 0) is 56.6 Å². The van der Waals surface area contributed by atoms with Crippen LogP contribution in [0.4, 0.5) is 0 Å². The molecule has 0 amide bonds. The molecular formula is C15H24ClNO. The maximum absolute atomic E-state index is 5.80. The van der Waals surface area contributed by atoms with E-state index >= 15 is 0 Å². The zero-order valence-electron chi connectivity index (χ0n) is 11.3. The minimum absolute atomic E-state index is 0.749. The summed E-state index contributed by atoms with van der Waals surface area (Å²) >= 11 is 5.80. The molecule has 0 fully saturated rings. The van der Waals surface area contributed by atoms with Gasteiger partial charge in [-0.1, -0.05) is 31.4 Å². The van der Waals surface area contributed by atoms with Crippen molar-refractivity contribution in [1.29, 1.82) is 0 Å². The summed E-state index contributed by atoms with van der Waals surface area (Å²) in [5.74, 6) is 0.898. The second-order valence-corrected chi connectivity index (χ2v) is 4.90. The van der Waals surface area contributed by atoms with Crippen molar-refractivity contribution < 1.29 is 4.74 Å². The number of ether oxygens (including phenoxy) is 1. The number of hydrogen-bond acceptors (Lipinski definition) is 2. The standard InChI is InChI=1S/C15H24ClNO/c1-2-3-4-11-17-12-5-6-13-18-15-9-7-14(16)8-10-15/h7-10,17H,2-6,11-13H2,1H3. The van der Waals surface area contributed by atoms with E-state index < -0.39 is 0 Å². The zero-order valence-corrected chi connectivity index (χ0v) is 12.0. The van der Waals surface area contributed by atoms with Crippen LogP contribution in [-0.2, 0) is 0 Å². The van der Waals surface area contributed by atoms with Gasteiger partial charge in [0, 0.05) is 5.02 Å². The first kappa shape index (κ1) is 15.3. The van der Waals surface area contributed by atoms with Crippen molar-refractivity contribution in [2.75, 3.05) is 19.7 Å². The molecule has 0 atom stereocenters. The third-order valence-electron chi connectivity index (χ3n) is 2.79. The quantitative estimate of drug-likeness (QED) is 0.640. The maximum Gasteiger partial charge on any atom is 0.119 e. The van der Waals surface area contributed by atoms with Crippen molar-refractivity contribution in [1.82, 2.24) is 5.32 Å². The lowest BCUT2D eigenvalue weighted by molar-refractivity contribution is 0.306. The Kier molecular flexibility index (Phi) is 8.70. The molecule has 0 unspecified atom stereocenters. The van der Waals surface area contributed by atoms with Crippen LogP contribution in [0, 0.1) is 0 Å². The van der Waals surface area contributed by atoms with Gasteiger partial charge in [-0.3, -0.25) is 0 Å². The largest absolute Gasteiger partial charge is 0.494 e. The van der Waals surface area contributed by atoms with E-state index in [-0.39, 0.29) is 0 Å². The van der Waals surface area contributed by atoms with E-state index in [1.807, 2.05) is 24.3 Å². The van der Waals surface area contributed by atoms with Crippen molar-refractivity contribution in [3.63, 3.8) is 0 Å². The van der Waals surface area contributed by atoms with Gasteiger partial charge in [0.15, 0.2) is 0 Å². The Morgan fingerprint density at radius 2 is 1.67 bits per heavy atom. The fourth-order valence-corrected chi connectivity index (χ4v) is 1.82. The van der Waals surface area contributed by atoms with Gasteiger partial charge in [0.25, 0.3) is 0 Å². The van der Waals surface area contributed by atoms with Crippen LogP contribution in [0.25, 0.3) is 0 Å². The van der Waals surface area contributed by atoms with Crippen molar-refractivity contribution in [2.24, 2.45) is 0 Å². The van der Waals surface area contributed by atoms with Gasteiger partial charge in [0.2, 0.25) is 0 Å². The molecule has 0 saturated heterocycles. The minimum Gasteiger partial charge on any atom is -0.494 e. The SMILES string of the molecule is CCCCCNCCCCOc1ccc(Cl)cc1. The molecule has 0 saturated carbocycles. The highest BCUT2D eigenvalue weighted by Gasteiger charge is 1.94. The van der Waals surface area contributed by atoms with Crippen molar-refractivity contribution >= 4 is 11.6 Å². The van der Waals surface area contributed by atoms with Crippen LogP contribution in [0.1, 0.15) is 39.0 Å².